The number of anilines is 1. The minimum Gasteiger partial charge on any atom is -0.287 e. The number of hydrogen-bond acceptors (Lipinski definition) is 5. The number of benzene rings is 1. The Morgan fingerprint density at radius 2 is 1.76 bits per heavy atom. The number of pyridine rings is 1. The van der Waals surface area contributed by atoms with Gasteiger partial charge < -0.3 is 0 Å². The molecule has 0 aliphatic carbocycles. The Balaban J connectivity index is 1.64. The van der Waals surface area contributed by atoms with E-state index < -0.39 is 0 Å². The molecule has 0 aliphatic rings. The second kappa shape index (κ2) is 8.02. The van der Waals surface area contributed by atoms with Crippen LogP contribution in [0.2, 0.25) is 0 Å². The largest absolute Gasteiger partial charge is 0.287 e. The lowest BCUT2D eigenvalue weighted by Gasteiger charge is -2.21. The normalized spacial score (nSPS) is 10.7. The first kappa shape index (κ1) is 18.5. The third-order valence-corrected chi connectivity index (χ3v) is 4.45. The summed E-state index contributed by atoms with van der Waals surface area (Å²) < 4.78 is 1.71. The van der Waals surface area contributed by atoms with E-state index in [1.165, 1.54) is 0 Å². The van der Waals surface area contributed by atoms with Gasteiger partial charge in [0.25, 0.3) is 5.91 Å². The second-order valence-corrected chi connectivity index (χ2v) is 6.68. The van der Waals surface area contributed by atoms with Crippen LogP contribution >= 0.6 is 0 Å². The molecule has 4 rings (SSSR count). The smallest absolute Gasteiger partial charge is 0.280 e. The fourth-order valence-corrected chi connectivity index (χ4v) is 3.09. The minimum absolute atomic E-state index is 0.247. The fourth-order valence-electron chi connectivity index (χ4n) is 3.09. The molecule has 3 aromatic heterocycles. The molecule has 0 bridgehead atoms. The van der Waals surface area contributed by atoms with Gasteiger partial charge in [-0.25, -0.2) is 9.67 Å². The van der Waals surface area contributed by atoms with Crippen LogP contribution in [0.15, 0.2) is 72.9 Å². The average Bonchev–Trinajstić information content (AvgIpc) is 3.11. The predicted molar refractivity (Wildman–Crippen MR) is 110 cm³/mol. The number of aromatic nitrogens is 5. The van der Waals surface area contributed by atoms with Gasteiger partial charge in [0.1, 0.15) is 5.82 Å². The van der Waals surface area contributed by atoms with Gasteiger partial charge in [0.15, 0.2) is 11.5 Å². The molecule has 29 heavy (non-hydrogen) atoms. The molecule has 0 atom stereocenters. The van der Waals surface area contributed by atoms with Crippen molar-refractivity contribution in [2.24, 2.45) is 0 Å². The van der Waals surface area contributed by atoms with E-state index in [-0.39, 0.29) is 11.6 Å². The van der Waals surface area contributed by atoms with Crippen LogP contribution in [-0.4, -0.2) is 30.9 Å². The summed E-state index contributed by atoms with van der Waals surface area (Å²) in [6.45, 7) is 4.25. The van der Waals surface area contributed by atoms with Crippen molar-refractivity contribution in [2.75, 3.05) is 4.90 Å². The van der Waals surface area contributed by atoms with Crippen molar-refractivity contribution < 1.29 is 4.79 Å². The van der Waals surface area contributed by atoms with Crippen LogP contribution in [0.1, 0.15) is 27.4 Å². The summed E-state index contributed by atoms with van der Waals surface area (Å²) in [4.78, 5) is 19.2. The third-order valence-electron chi connectivity index (χ3n) is 4.45. The van der Waals surface area contributed by atoms with E-state index in [1.807, 2.05) is 62.4 Å². The molecule has 0 aliphatic heterocycles. The van der Waals surface area contributed by atoms with Crippen LogP contribution in [-0.2, 0) is 6.54 Å². The van der Waals surface area contributed by atoms with Crippen LogP contribution in [0.4, 0.5) is 5.82 Å². The average molecular weight is 384 g/mol. The van der Waals surface area contributed by atoms with Gasteiger partial charge in [-0.3, -0.25) is 9.69 Å². The quantitative estimate of drug-likeness (QED) is 0.526. The predicted octanol–water partition coefficient (Wildman–Crippen LogP) is 3.52. The zero-order chi connectivity index (χ0) is 20.2. The highest BCUT2D eigenvalue weighted by Gasteiger charge is 2.21. The van der Waals surface area contributed by atoms with Crippen LogP contribution in [0.5, 0.6) is 0 Å². The molecule has 0 unspecified atom stereocenters. The number of nitrogens with zero attached hydrogens (tertiary/aromatic N) is 6. The van der Waals surface area contributed by atoms with Crippen LogP contribution in [0.25, 0.3) is 5.82 Å². The Kier molecular flexibility index (Phi) is 5.11. The highest BCUT2D eigenvalue weighted by molar-refractivity contribution is 6.04. The van der Waals surface area contributed by atoms with E-state index in [0.29, 0.717) is 18.2 Å². The highest BCUT2D eigenvalue weighted by Crippen LogP contribution is 2.17. The zero-order valence-corrected chi connectivity index (χ0v) is 16.2. The maximum absolute atomic E-state index is 13.2. The third kappa shape index (κ3) is 4.03. The van der Waals surface area contributed by atoms with Gasteiger partial charge in [-0.1, -0.05) is 36.4 Å². The van der Waals surface area contributed by atoms with Gasteiger partial charge in [0, 0.05) is 11.9 Å². The Hall–Kier alpha value is -3.87. The van der Waals surface area contributed by atoms with E-state index in [2.05, 4.69) is 20.3 Å². The maximum atomic E-state index is 13.2. The Morgan fingerprint density at radius 3 is 2.38 bits per heavy atom. The van der Waals surface area contributed by atoms with E-state index in [4.69, 9.17) is 0 Å². The molecule has 0 fully saturated rings. The first-order valence-corrected chi connectivity index (χ1v) is 9.26. The zero-order valence-electron chi connectivity index (χ0n) is 16.2. The molecule has 0 saturated carbocycles. The van der Waals surface area contributed by atoms with Gasteiger partial charge in [0.2, 0.25) is 0 Å². The lowest BCUT2D eigenvalue weighted by molar-refractivity contribution is 0.0978. The summed E-state index contributed by atoms with van der Waals surface area (Å²) in [5.41, 5.74) is 3.10. The number of carbonyl (C=O) groups is 1. The summed E-state index contributed by atoms with van der Waals surface area (Å²) in [5.74, 6) is 0.866. The van der Waals surface area contributed by atoms with Crippen molar-refractivity contribution in [1.29, 1.82) is 0 Å². The topological polar surface area (TPSA) is 76.8 Å². The molecule has 1 aromatic carbocycles. The summed E-state index contributed by atoms with van der Waals surface area (Å²) in [6, 6.07) is 20.6. The Morgan fingerprint density at radius 1 is 0.966 bits per heavy atom. The molecule has 0 N–H and O–H groups in total. The summed E-state index contributed by atoms with van der Waals surface area (Å²) >= 11 is 0. The first-order chi connectivity index (χ1) is 14.1. The van der Waals surface area contributed by atoms with Crippen molar-refractivity contribution in [3.8, 4) is 5.82 Å². The van der Waals surface area contributed by atoms with E-state index >= 15 is 0 Å². The maximum Gasteiger partial charge on any atom is 0.280 e. The lowest BCUT2D eigenvalue weighted by atomic mass is 10.2. The van der Waals surface area contributed by atoms with Crippen molar-refractivity contribution in [1.82, 2.24) is 25.0 Å². The lowest BCUT2D eigenvalue weighted by Crippen LogP contribution is -2.32. The molecule has 0 spiro atoms. The molecular formula is C22H20N6O. The van der Waals surface area contributed by atoms with E-state index in [9.17, 15) is 4.79 Å². The molecule has 4 aromatic rings. The number of rotatable bonds is 5. The number of aryl methyl sites for hydroxylation is 2. The number of amides is 1. The van der Waals surface area contributed by atoms with E-state index in [1.54, 1.807) is 34.0 Å². The van der Waals surface area contributed by atoms with Crippen LogP contribution in [0, 0.1) is 13.8 Å². The number of carbonyl (C=O) groups excluding carboxylic acids is 1. The van der Waals surface area contributed by atoms with Gasteiger partial charge in [-0.15, -0.1) is 10.2 Å². The summed E-state index contributed by atoms with van der Waals surface area (Å²) in [5, 5.41) is 12.8. The van der Waals surface area contributed by atoms with Crippen LogP contribution in [0.3, 0.4) is 0 Å². The molecule has 144 valence electrons. The number of hydrogen-bond donors (Lipinski definition) is 0. The van der Waals surface area contributed by atoms with Gasteiger partial charge in [0.05, 0.1) is 12.2 Å². The van der Waals surface area contributed by atoms with E-state index in [0.717, 1.165) is 17.0 Å². The standard InChI is InChI=1S/C22H20N6O/c1-16-14-17(2)28(26-16)21-12-11-19(24-25-21)22(29)27(20-10-6-7-13-23-20)15-18-8-4-3-5-9-18/h3-14H,15H2,1-2H3. The van der Waals surface area contributed by atoms with Gasteiger partial charge in [-0.05, 0) is 49.7 Å². The monoisotopic (exact) mass is 384 g/mol. The molecule has 7 nitrogen and oxygen atoms in total. The van der Waals surface area contributed by atoms with Crippen molar-refractivity contribution in [2.45, 2.75) is 20.4 Å². The highest BCUT2D eigenvalue weighted by atomic mass is 16.2. The molecular weight excluding hydrogens is 364 g/mol. The summed E-state index contributed by atoms with van der Waals surface area (Å²) in [7, 11) is 0. The SMILES string of the molecule is Cc1cc(C)n(-c2ccc(C(=O)N(Cc3ccccc3)c3ccccn3)nn2)n1. The molecule has 1 amide bonds. The fraction of sp³-hybridized carbons (Fsp3) is 0.136. The Labute approximate surface area is 168 Å². The molecule has 3 heterocycles. The second-order valence-electron chi connectivity index (χ2n) is 6.68. The van der Waals surface area contributed by atoms with Crippen molar-refractivity contribution in [3.05, 3.63) is 95.6 Å². The molecule has 0 radical (unpaired) electrons. The minimum atomic E-state index is -0.264. The molecule has 7 heteroatoms. The van der Waals surface area contributed by atoms with Crippen LogP contribution < -0.4 is 4.90 Å². The first-order valence-electron chi connectivity index (χ1n) is 9.26. The summed E-state index contributed by atoms with van der Waals surface area (Å²) in [6.07, 6.45) is 1.66. The van der Waals surface area contributed by atoms with Gasteiger partial charge in [-0.2, -0.15) is 5.10 Å². The Bertz CT molecular complexity index is 1110. The van der Waals surface area contributed by atoms with Crippen molar-refractivity contribution >= 4 is 11.7 Å². The van der Waals surface area contributed by atoms with Gasteiger partial charge >= 0.3 is 0 Å². The van der Waals surface area contributed by atoms with Crippen molar-refractivity contribution in [3.63, 3.8) is 0 Å². The molecule has 0 saturated heterocycles.